The van der Waals surface area contributed by atoms with E-state index in [1.54, 1.807) is 27.3 Å². The zero-order valence-corrected chi connectivity index (χ0v) is 18.5. The van der Waals surface area contributed by atoms with Crippen molar-refractivity contribution in [2.45, 2.75) is 44.9 Å². The number of nitrogens with zero attached hydrogens (tertiary/aromatic N) is 1. The number of hydrogen-bond acceptors (Lipinski definition) is 4. The lowest BCUT2D eigenvalue weighted by molar-refractivity contribution is 0.0963. The first-order valence-electron chi connectivity index (χ1n) is 10.7. The van der Waals surface area contributed by atoms with Crippen molar-refractivity contribution in [3.63, 3.8) is 0 Å². The summed E-state index contributed by atoms with van der Waals surface area (Å²) >= 11 is 0. The summed E-state index contributed by atoms with van der Waals surface area (Å²) in [7, 11) is 5.03. The lowest BCUT2D eigenvalue weighted by atomic mass is 10.1. The minimum absolute atomic E-state index is 0.0998. The second-order valence-corrected chi connectivity index (χ2v) is 7.53. The van der Waals surface area contributed by atoms with Crippen molar-refractivity contribution >= 4 is 11.9 Å². The number of carbonyl (C=O) groups excluding carboxylic acids is 1. The highest BCUT2D eigenvalue weighted by Gasteiger charge is 2.20. The van der Waals surface area contributed by atoms with Gasteiger partial charge in [-0.1, -0.05) is 24.3 Å². The fourth-order valence-electron chi connectivity index (χ4n) is 3.72. The summed E-state index contributed by atoms with van der Waals surface area (Å²) in [6.45, 7) is 1.10. The molecule has 2 aromatic rings. The van der Waals surface area contributed by atoms with Crippen LogP contribution in [0.2, 0.25) is 0 Å². The summed E-state index contributed by atoms with van der Waals surface area (Å²) in [6.07, 6.45) is 4.85. The highest BCUT2D eigenvalue weighted by molar-refractivity contribution is 5.94. The fraction of sp³-hybridized carbons (Fsp3) is 0.417. The standard InChI is InChI=1S/C24H32N4O3/c1-25-23(29)18-9-6-8-17(14-18)15-27-24(26-2)28-16-19-10-7-13-21(30-3)22(19)31-20-11-4-5-12-20/h6-10,13-14,20H,4-5,11-12,15-16H2,1-3H3,(H,25,29)(H2,26,27,28). The van der Waals surface area contributed by atoms with Gasteiger partial charge in [0, 0.05) is 38.3 Å². The minimum atomic E-state index is -0.0998. The molecule has 2 aromatic carbocycles. The summed E-state index contributed by atoms with van der Waals surface area (Å²) in [5.74, 6) is 2.12. The number of hydrogen-bond donors (Lipinski definition) is 3. The summed E-state index contributed by atoms with van der Waals surface area (Å²) in [5.41, 5.74) is 2.65. The molecule has 0 atom stereocenters. The van der Waals surface area contributed by atoms with Crippen LogP contribution < -0.4 is 25.4 Å². The van der Waals surface area contributed by atoms with Crippen LogP contribution in [0.25, 0.3) is 0 Å². The smallest absolute Gasteiger partial charge is 0.251 e. The van der Waals surface area contributed by atoms with Crippen LogP contribution in [0.5, 0.6) is 11.5 Å². The first-order chi connectivity index (χ1) is 15.1. The number of guanidine groups is 1. The number of benzene rings is 2. The molecule has 31 heavy (non-hydrogen) atoms. The first-order valence-corrected chi connectivity index (χ1v) is 10.7. The molecule has 0 bridgehead atoms. The van der Waals surface area contributed by atoms with Crippen molar-refractivity contribution in [1.82, 2.24) is 16.0 Å². The van der Waals surface area contributed by atoms with Gasteiger partial charge in [-0.2, -0.15) is 0 Å². The molecule has 3 rings (SSSR count). The van der Waals surface area contributed by atoms with Gasteiger partial charge < -0.3 is 25.4 Å². The maximum atomic E-state index is 11.8. The summed E-state index contributed by atoms with van der Waals surface area (Å²) in [4.78, 5) is 16.1. The third-order valence-corrected chi connectivity index (χ3v) is 5.41. The molecule has 0 aliphatic heterocycles. The average molecular weight is 425 g/mol. The van der Waals surface area contributed by atoms with Crippen LogP contribution in [-0.4, -0.2) is 39.2 Å². The van der Waals surface area contributed by atoms with Crippen molar-refractivity contribution in [2.75, 3.05) is 21.2 Å². The zero-order chi connectivity index (χ0) is 22.1. The second kappa shape index (κ2) is 11.2. The maximum absolute atomic E-state index is 11.8. The molecule has 1 aliphatic rings. The minimum Gasteiger partial charge on any atom is -0.493 e. The van der Waals surface area contributed by atoms with Crippen molar-refractivity contribution in [2.24, 2.45) is 4.99 Å². The van der Waals surface area contributed by atoms with E-state index in [0.29, 0.717) is 24.6 Å². The molecule has 7 nitrogen and oxygen atoms in total. The van der Waals surface area contributed by atoms with E-state index in [2.05, 4.69) is 20.9 Å². The summed E-state index contributed by atoms with van der Waals surface area (Å²) in [5, 5.41) is 9.29. The topological polar surface area (TPSA) is 84.0 Å². The van der Waals surface area contributed by atoms with Crippen molar-refractivity contribution in [3.05, 3.63) is 59.2 Å². The normalized spacial score (nSPS) is 14.2. The van der Waals surface area contributed by atoms with Gasteiger partial charge >= 0.3 is 0 Å². The molecule has 1 aliphatic carbocycles. The largest absolute Gasteiger partial charge is 0.493 e. The summed E-state index contributed by atoms with van der Waals surface area (Å²) < 4.78 is 11.8. The van der Waals surface area contributed by atoms with Crippen molar-refractivity contribution in [3.8, 4) is 11.5 Å². The van der Waals surface area contributed by atoms with Gasteiger partial charge in [-0.15, -0.1) is 0 Å². The Morgan fingerprint density at radius 1 is 1.10 bits per heavy atom. The Morgan fingerprint density at radius 3 is 2.55 bits per heavy atom. The zero-order valence-electron chi connectivity index (χ0n) is 18.5. The molecule has 0 saturated heterocycles. The Kier molecular flexibility index (Phi) is 8.15. The van der Waals surface area contributed by atoms with Crippen LogP contribution in [0.15, 0.2) is 47.5 Å². The number of para-hydroxylation sites is 1. The van der Waals surface area contributed by atoms with Gasteiger partial charge in [0.05, 0.1) is 13.2 Å². The molecule has 0 radical (unpaired) electrons. The lowest BCUT2D eigenvalue weighted by Gasteiger charge is -2.20. The monoisotopic (exact) mass is 424 g/mol. The van der Waals surface area contributed by atoms with Crippen LogP contribution in [0.4, 0.5) is 0 Å². The summed E-state index contributed by atoms with van der Waals surface area (Å²) in [6, 6.07) is 13.5. The van der Waals surface area contributed by atoms with Crippen LogP contribution in [0.3, 0.4) is 0 Å². The number of rotatable bonds is 8. The molecule has 0 aromatic heterocycles. The molecule has 166 valence electrons. The molecule has 0 heterocycles. The highest BCUT2D eigenvalue weighted by atomic mass is 16.5. The molecule has 1 saturated carbocycles. The molecule has 1 fully saturated rings. The number of carbonyl (C=O) groups is 1. The number of methoxy groups -OCH3 is 1. The van der Waals surface area contributed by atoms with Crippen LogP contribution in [-0.2, 0) is 13.1 Å². The first kappa shape index (κ1) is 22.5. The third-order valence-electron chi connectivity index (χ3n) is 5.41. The lowest BCUT2D eigenvalue weighted by Crippen LogP contribution is -2.36. The van der Waals surface area contributed by atoms with E-state index >= 15 is 0 Å². The van der Waals surface area contributed by atoms with Crippen molar-refractivity contribution in [1.29, 1.82) is 0 Å². The van der Waals surface area contributed by atoms with Gasteiger partial charge in [-0.25, -0.2) is 0 Å². The molecule has 0 spiro atoms. The van der Waals surface area contributed by atoms with E-state index in [4.69, 9.17) is 9.47 Å². The van der Waals surface area contributed by atoms with Gasteiger partial charge in [0.2, 0.25) is 0 Å². The van der Waals surface area contributed by atoms with E-state index in [0.717, 1.165) is 35.5 Å². The number of nitrogens with one attached hydrogen (secondary N) is 3. The molecule has 1 amide bonds. The SMILES string of the molecule is CN=C(NCc1cccc(C(=O)NC)c1)NCc1cccc(OC)c1OC1CCCC1. The van der Waals surface area contributed by atoms with Gasteiger partial charge in [-0.05, 0) is 49.4 Å². The van der Waals surface area contributed by atoms with E-state index in [1.807, 2.05) is 36.4 Å². The Morgan fingerprint density at radius 2 is 1.84 bits per heavy atom. The van der Waals surface area contributed by atoms with E-state index in [9.17, 15) is 4.79 Å². The number of aliphatic imine (C=N–C) groups is 1. The predicted molar refractivity (Wildman–Crippen MR) is 123 cm³/mol. The van der Waals surface area contributed by atoms with Gasteiger partial charge in [-0.3, -0.25) is 9.79 Å². The predicted octanol–water partition coefficient (Wildman–Crippen LogP) is 3.24. The third kappa shape index (κ3) is 6.13. The Balaban J connectivity index is 1.62. The number of amides is 1. The number of ether oxygens (including phenoxy) is 2. The molecular weight excluding hydrogens is 392 g/mol. The van der Waals surface area contributed by atoms with Gasteiger partial charge in [0.15, 0.2) is 17.5 Å². The molecule has 0 unspecified atom stereocenters. The molecular formula is C24H32N4O3. The highest BCUT2D eigenvalue weighted by Crippen LogP contribution is 2.34. The Hall–Kier alpha value is -3.22. The fourth-order valence-corrected chi connectivity index (χ4v) is 3.72. The molecule has 3 N–H and O–H groups in total. The Labute approximate surface area is 184 Å². The van der Waals surface area contributed by atoms with Gasteiger partial charge in [0.1, 0.15) is 0 Å². The van der Waals surface area contributed by atoms with Crippen molar-refractivity contribution < 1.29 is 14.3 Å². The average Bonchev–Trinajstić information content (AvgIpc) is 3.32. The second-order valence-electron chi connectivity index (χ2n) is 7.53. The van der Waals surface area contributed by atoms with E-state index < -0.39 is 0 Å². The van der Waals surface area contributed by atoms with Crippen LogP contribution >= 0.6 is 0 Å². The van der Waals surface area contributed by atoms with E-state index in [1.165, 1.54) is 12.8 Å². The van der Waals surface area contributed by atoms with Gasteiger partial charge in [0.25, 0.3) is 5.91 Å². The quantitative estimate of drug-likeness (QED) is 0.448. The van der Waals surface area contributed by atoms with Crippen LogP contribution in [0, 0.1) is 0 Å². The molecule has 7 heteroatoms. The van der Waals surface area contributed by atoms with E-state index in [-0.39, 0.29) is 12.0 Å². The maximum Gasteiger partial charge on any atom is 0.251 e. The van der Waals surface area contributed by atoms with Crippen LogP contribution in [0.1, 0.15) is 47.2 Å². The Bertz CT molecular complexity index is 907.